The molecule has 0 aliphatic rings. The van der Waals surface area contributed by atoms with Crippen LogP contribution in [-0.2, 0) is 15.9 Å². The molecular weight excluding hydrogens is 381 g/mol. The summed E-state index contributed by atoms with van der Waals surface area (Å²) in [6.45, 7) is 9.30. The zero-order valence-electron chi connectivity index (χ0n) is 18.4. The van der Waals surface area contributed by atoms with Gasteiger partial charge in [-0.25, -0.2) is 13.2 Å². The second kappa shape index (κ2) is 12.6. The average Bonchev–Trinajstić information content (AvgIpc) is 2.60. The van der Waals surface area contributed by atoms with Crippen LogP contribution in [0.15, 0.2) is 12.1 Å². The Bertz CT molecular complexity index is 572. The average molecular weight is 419 g/mol. The summed E-state index contributed by atoms with van der Waals surface area (Å²) in [6, 6.07) is 1.94. The molecule has 6 heteroatoms. The number of ether oxygens (including phenoxy) is 2. The Labute approximate surface area is 173 Å². The van der Waals surface area contributed by atoms with E-state index >= 15 is 0 Å². The van der Waals surface area contributed by atoms with Crippen molar-refractivity contribution in [3.63, 3.8) is 0 Å². The molecule has 0 spiro atoms. The van der Waals surface area contributed by atoms with Crippen LogP contribution in [0, 0.1) is 23.4 Å². The lowest BCUT2D eigenvalue weighted by atomic mass is 9.90. The fraction of sp³-hybridized carbons (Fsp3) is 0.739. The zero-order valence-corrected chi connectivity index (χ0v) is 18.4. The summed E-state index contributed by atoms with van der Waals surface area (Å²) in [7, 11) is 0. The zero-order chi connectivity index (χ0) is 22.0. The second-order valence-corrected chi connectivity index (χ2v) is 8.29. The number of hydrogen-bond donors (Lipinski definition) is 1. The van der Waals surface area contributed by atoms with Crippen molar-refractivity contribution in [2.24, 2.45) is 5.92 Å². The van der Waals surface area contributed by atoms with Gasteiger partial charge < -0.3 is 14.6 Å². The molecule has 0 saturated heterocycles. The van der Waals surface area contributed by atoms with Gasteiger partial charge >= 0.3 is 0 Å². The standard InChI is InChI=1S/C23H37F3O3/c1-6-7-8-9-10-11-12-19(23(27,28-16(2)3)29-17(4)5)13-18-14-20(24)22(26)21(25)15-18/h14-17,19,27H,6-13H2,1-5H3. The lowest BCUT2D eigenvalue weighted by Crippen LogP contribution is -2.48. The largest absolute Gasteiger partial charge is 0.343 e. The van der Waals surface area contributed by atoms with E-state index in [1.165, 1.54) is 6.42 Å². The van der Waals surface area contributed by atoms with Crippen molar-refractivity contribution in [1.29, 1.82) is 0 Å². The molecule has 0 saturated carbocycles. The van der Waals surface area contributed by atoms with E-state index in [0.29, 0.717) is 6.42 Å². The molecule has 0 fully saturated rings. The molecule has 0 heterocycles. The molecule has 0 bridgehead atoms. The minimum Gasteiger partial charge on any atom is -0.343 e. The molecule has 0 aliphatic carbocycles. The van der Waals surface area contributed by atoms with E-state index in [9.17, 15) is 18.3 Å². The van der Waals surface area contributed by atoms with E-state index in [0.717, 1.165) is 44.2 Å². The van der Waals surface area contributed by atoms with Crippen molar-refractivity contribution in [2.45, 2.75) is 104 Å². The smallest absolute Gasteiger partial charge is 0.284 e. The minimum absolute atomic E-state index is 0.110. The molecule has 3 nitrogen and oxygen atoms in total. The molecule has 0 amide bonds. The molecule has 0 radical (unpaired) electrons. The highest BCUT2D eigenvalue weighted by Crippen LogP contribution is 2.32. The Morgan fingerprint density at radius 1 is 0.862 bits per heavy atom. The highest BCUT2D eigenvalue weighted by Gasteiger charge is 2.41. The molecule has 1 unspecified atom stereocenters. The second-order valence-electron chi connectivity index (χ2n) is 8.29. The summed E-state index contributed by atoms with van der Waals surface area (Å²) in [5.74, 6) is -6.42. The quantitative estimate of drug-likeness (QED) is 0.213. The van der Waals surface area contributed by atoms with Crippen molar-refractivity contribution in [3.05, 3.63) is 35.1 Å². The van der Waals surface area contributed by atoms with Gasteiger partial charge in [-0.1, -0.05) is 45.4 Å². The number of unbranched alkanes of at least 4 members (excludes halogenated alkanes) is 5. The van der Waals surface area contributed by atoms with Crippen LogP contribution in [0.5, 0.6) is 0 Å². The first-order valence-electron chi connectivity index (χ1n) is 10.8. The van der Waals surface area contributed by atoms with E-state index in [1.54, 1.807) is 27.7 Å². The van der Waals surface area contributed by atoms with Gasteiger partial charge in [0, 0.05) is 5.92 Å². The van der Waals surface area contributed by atoms with Crippen LogP contribution in [0.2, 0.25) is 0 Å². The van der Waals surface area contributed by atoms with Crippen molar-refractivity contribution in [1.82, 2.24) is 0 Å². The van der Waals surface area contributed by atoms with Gasteiger partial charge in [0.2, 0.25) is 0 Å². The first-order chi connectivity index (χ1) is 13.6. The normalized spacial score (nSPS) is 13.5. The van der Waals surface area contributed by atoms with Gasteiger partial charge in [0.25, 0.3) is 5.97 Å². The number of benzene rings is 1. The van der Waals surface area contributed by atoms with Crippen molar-refractivity contribution >= 4 is 0 Å². The highest BCUT2D eigenvalue weighted by atomic mass is 19.2. The summed E-state index contributed by atoms with van der Waals surface area (Å²) in [5, 5.41) is 11.2. The van der Waals surface area contributed by atoms with E-state index in [4.69, 9.17) is 9.47 Å². The van der Waals surface area contributed by atoms with Crippen LogP contribution in [0.3, 0.4) is 0 Å². The van der Waals surface area contributed by atoms with Gasteiger partial charge in [-0.3, -0.25) is 0 Å². The lowest BCUT2D eigenvalue weighted by Gasteiger charge is -2.38. The summed E-state index contributed by atoms with van der Waals surface area (Å²) < 4.78 is 52.2. The van der Waals surface area contributed by atoms with Crippen LogP contribution < -0.4 is 0 Å². The van der Waals surface area contributed by atoms with Crippen LogP contribution in [-0.4, -0.2) is 23.3 Å². The number of aliphatic hydroxyl groups is 1. The Hall–Kier alpha value is -1.11. The summed E-state index contributed by atoms with van der Waals surface area (Å²) in [6.07, 6.45) is 6.46. The van der Waals surface area contributed by atoms with Crippen LogP contribution in [0.1, 0.15) is 85.1 Å². The summed E-state index contributed by atoms with van der Waals surface area (Å²) >= 11 is 0. The maximum Gasteiger partial charge on any atom is 0.284 e. The highest BCUT2D eigenvalue weighted by molar-refractivity contribution is 5.20. The Morgan fingerprint density at radius 3 is 1.83 bits per heavy atom. The van der Waals surface area contributed by atoms with Crippen molar-refractivity contribution in [2.75, 3.05) is 0 Å². The lowest BCUT2D eigenvalue weighted by molar-refractivity contribution is -0.407. The van der Waals surface area contributed by atoms with Gasteiger partial charge in [-0.2, -0.15) is 0 Å². The van der Waals surface area contributed by atoms with Crippen LogP contribution in [0.4, 0.5) is 13.2 Å². The molecule has 1 rings (SSSR count). The SMILES string of the molecule is CCCCCCCCC(Cc1cc(F)c(F)c(F)c1)C(O)(OC(C)C)OC(C)C. The predicted molar refractivity (Wildman–Crippen MR) is 109 cm³/mol. The Morgan fingerprint density at radius 2 is 1.34 bits per heavy atom. The topological polar surface area (TPSA) is 38.7 Å². The van der Waals surface area contributed by atoms with E-state index in [-0.39, 0.29) is 24.2 Å². The fourth-order valence-corrected chi connectivity index (χ4v) is 3.49. The molecule has 1 atom stereocenters. The molecule has 168 valence electrons. The summed E-state index contributed by atoms with van der Waals surface area (Å²) in [5.41, 5.74) is 0.260. The molecule has 1 aromatic carbocycles. The minimum atomic E-state index is -1.90. The molecule has 0 aromatic heterocycles. The van der Waals surface area contributed by atoms with E-state index in [1.807, 2.05) is 0 Å². The van der Waals surface area contributed by atoms with Gasteiger partial charge in [0.15, 0.2) is 17.5 Å². The predicted octanol–water partition coefficient (Wildman–Crippen LogP) is 6.51. The van der Waals surface area contributed by atoms with Gasteiger partial charge in [-0.15, -0.1) is 0 Å². The Kier molecular flexibility index (Phi) is 11.2. The third kappa shape index (κ3) is 9.06. The van der Waals surface area contributed by atoms with E-state index in [2.05, 4.69) is 6.92 Å². The maximum atomic E-state index is 13.7. The van der Waals surface area contributed by atoms with Crippen LogP contribution >= 0.6 is 0 Å². The molecule has 0 aliphatic heterocycles. The first kappa shape index (κ1) is 25.9. The van der Waals surface area contributed by atoms with Gasteiger partial charge in [0.1, 0.15) is 0 Å². The fourth-order valence-electron chi connectivity index (χ4n) is 3.49. The van der Waals surface area contributed by atoms with Crippen molar-refractivity contribution in [3.8, 4) is 0 Å². The van der Waals surface area contributed by atoms with Gasteiger partial charge in [-0.05, 0) is 58.2 Å². The third-order valence-corrected chi connectivity index (χ3v) is 4.76. The number of hydrogen-bond acceptors (Lipinski definition) is 3. The van der Waals surface area contributed by atoms with Crippen LogP contribution in [0.25, 0.3) is 0 Å². The molecular formula is C23H37F3O3. The molecule has 1 aromatic rings. The Balaban J connectivity index is 3.02. The maximum absolute atomic E-state index is 13.7. The third-order valence-electron chi connectivity index (χ3n) is 4.76. The van der Waals surface area contributed by atoms with Crippen molar-refractivity contribution < 1.29 is 27.8 Å². The summed E-state index contributed by atoms with van der Waals surface area (Å²) in [4.78, 5) is 0. The van der Waals surface area contributed by atoms with E-state index < -0.39 is 29.3 Å². The van der Waals surface area contributed by atoms with Gasteiger partial charge in [0.05, 0.1) is 12.2 Å². The number of halogens is 3. The monoisotopic (exact) mass is 418 g/mol. The first-order valence-corrected chi connectivity index (χ1v) is 10.8. The molecule has 29 heavy (non-hydrogen) atoms. The molecule has 1 N–H and O–H groups in total. The number of rotatable bonds is 14.